The summed E-state index contributed by atoms with van der Waals surface area (Å²) < 4.78 is 16.9. The van der Waals surface area contributed by atoms with E-state index in [4.69, 9.17) is 14.2 Å². The lowest BCUT2D eigenvalue weighted by Gasteiger charge is -2.18. The number of carbonyl (C=O) groups excluding carboxylic acids is 1. The molecule has 0 aliphatic heterocycles. The summed E-state index contributed by atoms with van der Waals surface area (Å²) in [6, 6.07) is 7.58. The number of aryl methyl sites for hydroxylation is 2. The third-order valence-electron chi connectivity index (χ3n) is 5.73. The molecule has 0 fully saturated rings. The number of aromatic hydroxyl groups is 1. The van der Waals surface area contributed by atoms with Crippen LogP contribution in [0.1, 0.15) is 68.7 Å². The molecule has 0 spiro atoms. The molecule has 0 aromatic heterocycles. The summed E-state index contributed by atoms with van der Waals surface area (Å²) in [4.78, 5) is 15.3. The molecule has 2 aromatic carbocycles. The maximum atomic E-state index is 11.1. The topological polar surface area (TPSA) is 71.5 Å². The molecule has 0 saturated heterocycles. The zero-order chi connectivity index (χ0) is 28.3. The zero-order valence-corrected chi connectivity index (χ0v) is 24.8. The fourth-order valence-corrected chi connectivity index (χ4v) is 3.46. The summed E-state index contributed by atoms with van der Waals surface area (Å²) >= 11 is 0. The van der Waals surface area contributed by atoms with Crippen LogP contribution in [0.3, 0.4) is 0 Å². The monoisotopic (exact) mass is 516 g/mol. The highest BCUT2D eigenvalue weighted by Crippen LogP contribution is 2.34. The van der Waals surface area contributed by atoms with Gasteiger partial charge in [-0.05, 0) is 89.3 Å². The van der Waals surface area contributed by atoms with Crippen LogP contribution in [0.4, 0.5) is 0 Å². The average Bonchev–Trinajstić information content (AvgIpc) is 2.77. The first kappa shape index (κ1) is 32.3. The fourth-order valence-electron chi connectivity index (χ4n) is 3.46. The van der Waals surface area contributed by atoms with Crippen molar-refractivity contribution in [2.75, 3.05) is 54.5 Å². The Hall–Kier alpha value is -2.77. The number of rotatable bonds is 11. The molecule has 0 amide bonds. The van der Waals surface area contributed by atoms with Gasteiger partial charge < -0.3 is 29.1 Å². The van der Waals surface area contributed by atoms with E-state index in [0.29, 0.717) is 36.5 Å². The molecule has 37 heavy (non-hydrogen) atoms. The fraction of sp³-hybridized carbons (Fsp3) is 0.567. The molecule has 0 saturated carbocycles. The van der Waals surface area contributed by atoms with Crippen molar-refractivity contribution in [3.63, 3.8) is 0 Å². The Morgan fingerprint density at radius 3 is 1.59 bits per heavy atom. The minimum atomic E-state index is -0.302. The molecule has 2 rings (SSSR count). The number of carbonyl (C=O) groups is 1. The zero-order valence-electron chi connectivity index (χ0n) is 24.8. The minimum Gasteiger partial charge on any atom is -0.508 e. The van der Waals surface area contributed by atoms with E-state index in [1.807, 2.05) is 66.3 Å². The van der Waals surface area contributed by atoms with E-state index in [0.717, 1.165) is 46.8 Å². The predicted molar refractivity (Wildman–Crippen MR) is 152 cm³/mol. The number of likely N-dealkylation sites (N-methyl/N-ethyl adjacent to an activating group) is 2. The highest BCUT2D eigenvalue weighted by atomic mass is 16.5. The lowest BCUT2D eigenvalue weighted by Crippen LogP contribution is -2.20. The molecule has 0 heterocycles. The minimum absolute atomic E-state index is 0.302. The van der Waals surface area contributed by atoms with Crippen LogP contribution in [0.5, 0.6) is 23.0 Å². The van der Waals surface area contributed by atoms with Gasteiger partial charge in [-0.3, -0.25) is 4.79 Å². The van der Waals surface area contributed by atoms with Crippen molar-refractivity contribution < 1.29 is 24.1 Å². The van der Waals surface area contributed by atoms with E-state index in [-0.39, 0.29) is 5.97 Å². The molecular formula is C30H48N2O5. The predicted octanol–water partition coefficient (Wildman–Crippen LogP) is 5.75. The van der Waals surface area contributed by atoms with E-state index in [1.165, 1.54) is 6.92 Å². The summed E-state index contributed by atoms with van der Waals surface area (Å²) in [5.74, 6) is 3.06. The molecule has 2 aromatic rings. The number of phenolic OH excluding ortho intramolecular Hbond substituents is 1. The number of ether oxygens (including phenoxy) is 3. The molecular weight excluding hydrogens is 468 g/mol. The van der Waals surface area contributed by atoms with E-state index < -0.39 is 0 Å². The molecule has 7 nitrogen and oxygen atoms in total. The first-order valence-electron chi connectivity index (χ1n) is 12.9. The molecule has 7 heteroatoms. The average molecular weight is 517 g/mol. The summed E-state index contributed by atoms with van der Waals surface area (Å²) in [6.45, 7) is 16.7. The number of esters is 1. The van der Waals surface area contributed by atoms with Gasteiger partial charge in [0.1, 0.15) is 36.2 Å². The quantitative estimate of drug-likeness (QED) is 0.301. The third-order valence-corrected chi connectivity index (χ3v) is 5.73. The SMILES string of the molecule is CC(=O)Oc1cc(C(C)C)c(OCCN(C)C)cc1C.Cc1cc(OCCN(C)C)c(C(C)C)cc1O. The van der Waals surface area contributed by atoms with Gasteiger partial charge in [-0.1, -0.05) is 27.7 Å². The maximum absolute atomic E-state index is 11.1. The van der Waals surface area contributed by atoms with Crippen LogP contribution in [-0.4, -0.2) is 75.4 Å². The largest absolute Gasteiger partial charge is 0.508 e. The molecule has 0 aliphatic carbocycles. The van der Waals surface area contributed by atoms with Gasteiger partial charge in [0.2, 0.25) is 0 Å². The number of phenols is 1. The van der Waals surface area contributed by atoms with Gasteiger partial charge in [-0.15, -0.1) is 0 Å². The van der Waals surface area contributed by atoms with Gasteiger partial charge in [0, 0.05) is 31.1 Å². The Bertz CT molecular complexity index is 1000. The van der Waals surface area contributed by atoms with Gasteiger partial charge in [-0.25, -0.2) is 0 Å². The van der Waals surface area contributed by atoms with Crippen molar-refractivity contribution in [3.05, 3.63) is 46.5 Å². The van der Waals surface area contributed by atoms with Crippen LogP contribution >= 0.6 is 0 Å². The molecule has 0 bridgehead atoms. The third kappa shape index (κ3) is 11.4. The van der Waals surface area contributed by atoms with Crippen molar-refractivity contribution in [1.29, 1.82) is 0 Å². The van der Waals surface area contributed by atoms with Gasteiger partial charge in [0.15, 0.2) is 0 Å². The summed E-state index contributed by atoms with van der Waals surface area (Å²) in [5, 5.41) is 9.72. The standard InChI is InChI=1S/C16H25NO3.C14H23NO2/c1-11(2)14-10-15(20-13(4)18)12(3)9-16(14)19-8-7-17(5)6;1-10(2)12-9-13(16)11(3)8-14(12)17-7-6-15(4)5/h9-11H,7-8H2,1-6H3;8-10,16H,6-7H2,1-5H3. The summed E-state index contributed by atoms with van der Waals surface area (Å²) in [6.07, 6.45) is 0. The lowest BCUT2D eigenvalue weighted by atomic mass is 10.00. The molecule has 0 unspecified atom stereocenters. The van der Waals surface area contributed by atoms with Crippen LogP contribution in [0.25, 0.3) is 0 Å². The van der Waals surface area contributed by atoms with Gasteiger partial charge in [0.05, 0.1) is 0 Å². The van der Waals surface area contributed by atoms with Crippen LogP contribution in [0, 0.1) is 13.8 Å². The van der Waals surface area contributed by atoms with E-state index in [2.05, 4.69) is 37.5 Å². The normalized spacial score (nSPS) is 11.1. The number of hydrogen-bond donors (Lipinski definition) is 1. The van der Waals surface area contributed by atoms with Gasteiger partial charge >= 0.3 is 5.97 Å². The van der Waals surface area contributed by atoms with E-state index in [1.54, 1.807) is 0 Å². The van der Waals surface area contributed by atoms with Crippen molar-refractivity contribution >= 4 is 5.97 Å². The Morgan fingerprint density at radius 1 is 0.757 bits per heavy atom. The highest BCUT2D eigenvalue weighted by molar-refractivity contribution is 5.70. The van der Waals surface area contributed by atoms with Crippen LogP contribution < -0.4 is 14.2 Å². The van der Waals surface area contributed by atoms with E-state index >= 15 is 0 Å². The Labute approximate surface area is 224 Å². The van der Waals surface area contributed by atoms with Gasteiger partial charge in [-0.2, -0.15) is 0 Å². The number of benzene rings is 2. The Morgan fingerprint density at radius 2 is 1.19 bits per heavy atom. The van der Waals surface area contributed by atoms with E-state index in [9.17, 15) is 9.90 Å². The van der Waals surface area contributed by atoms with Crippen molar-refractivity contribution in [2.45, 2.75) is 60.3 Å². The molecule has 208 valence electrons. The smallest absolute Gasteiger partial charge is 0.308 e. The molecule has 0 radical (unpaired) electrons. The first-order valence-corrected chi connectivity index (χ1v) is 12.9. The van der Waals surface area contributed by atoms with Crippen molar-refractivity contribution in [3.8, 4) is 23.0 Å². The number of nitrogens with zero attached hydrogens (tertiary/aromatic N) is 2. The second-order valence-corrected chi connectivity index (χ2v) is 10.5. The Kier molecular flexibility index (Phi) is 13.5. The van der Waals surface area contributed by atoms with Crippen LogP contribution in [-0.2, 0) is 4.79 Å². The first-order chi connectivity index (χ1) is 17.2. The lowest BCUT2D eigenvalue weighted by molar-refractivity contribution is -0.131. The summed E-state index contributed by atoms with van der Waals surface area (Å²) in [7, 11) is 8.08. The van der Waals surface area contributed by atoms with Crippen LogP contribution in [0.2, 0.25) is 0 Å². The number of hydrogen-bond acceptors (Lipinski definition) is 7. The highest BCUT2D eigenvalue weighted by Gasteiger charge is 2.14. The molecule has 1 N–H and O–H groups in total. The summed E-state index contributed by atoms with van der Waals surface area (Å²) in [5.41, 5.74) is 3.89. The van der Waals surface area contributed by atoms with Gasteiger partial charge in [0.25, 0.3) is 0 Å². The Balaban J connectivity index is 0.000000375. The maximum Gasteiger partial charge on any atom is 0.308 e. The molecule has 0 atom stereocenters. The second kappa shape index (κ2) is 15.5. The van der Waals surface area contributed by atoms with Crippen molar-refractivity contribution in [1.82, 2.24) is 9.80 Å². The molecule has 0 aliphatic rings. The van der Waals surface area contributed by atoms with Crippen LogP contribution in [0.15, 0.2) is 24.3 Å². The van der Waals surface area contributed by atoms with Crippen molar-refractivity contribution in [2.24, 2.45) is 0 Å². The second-order valence-electron chi connectivity index (χ2n) is 10.5.